The van der Waals surface area contributed by atoms with Crippen molar-refractivity contribution < 1.29 is 15.2 Å². The lowest BCUT2D eigenvalue weighted by molar-refractivity contribution is -0.130. The average molecular weight is 340 g/mol. The van der Waals surface area contributed by atoms with Crippen molar-refractivity contribution in [3.05, 3.63) is 60.2 Å². The minimum absolute atomic E-state index is 0.0478. The Morgan fingerprint density at radius 2 is 1.76 bits per heavy atom. The maximum atomic E-state index is 11.3. The molecule has 1 amide bonds. The van der Waals surface area contributed by atoms with E-state index in [0.717, 1.165) is 19.3 Å². The Bertz CT molecular complexity index is 669. The summed E-state index contributed by atoms with van der Waals surface area (Å²) in [5.41, 5.74) is 5.30. The van der Waals surface area contributed by atoms with Crippen LogP contribution in [0.25, 0.3) is 11.1 Å². The van der Waals surface area contributed by atoms with Gasteiger partial charge in [0.1, 0.15) is 0 Å². The second-order valence-corrected chi connectivity index (χ2v) is 6.09. The van der Waals surface area contributed by atoms with Gasteiger partial charge in [-0.05, 0) is 48.3 Å². The normalized spacial score (nSPS) is 12.2. The van der Waals surface area contributed by atoms with Crippen LogP contribution in [-0.2, 0) is 11.2 Å². The number of nitrogens with one attached hydrogen (secondary N) is 1. The van der Waals surface area contributed by atoms with E-state index in [1.165, 1.54) is 22.9 Å². The van der Waals surface area contributed by atoms with E-state index in [4.69, 9.17) is 10.4 Å². The highest BCUT2D eigenvalue weighted by atomic mass is 16.5. The van der Waals surface area contributed by atoms with Crippen LogP contribution in [-0.4, -0.2) is 22.5 Å². The van der Waals surface area contributed by atoms with E-state index in [-0.39, 0.29) is 12.3 Å². The number of hydrogen-bond acceptors (Lipinski definition) is 4. The van der Waals surface area contributed by atoms with E-state index in [0.29, 0.717) is 6.42 Å². The Balaban J connectivity index is 1.86. The molecule has 5 heteroatoms. The van der Waals surface area contributed by atoms with Gasteiger partial charge >= 0.3 is 0 Å². The monoisotopic (exact) mass is 340 g/mol. The molecule has 0 heterocycles. The predicted octanol–water partition coefficient (Wildman–Crippen LogP) is 4.04. The highest BCUT2D eigenvalue weighted by Crippen LogP contribution is 2.21. The molecule has 0 saturated heterocycles. The zero-order chi connectivity index (χ0) is 17.9. The van der Waals surface area contributed by atoms with Crippen LogP contribution in [0.4, 0.5) is 0 Å². The fourth-order valence-electron chi connectivity index (χ4n) is 2.90. The lowest BCUT2D eigenvalue weighted by Gasteiger charge is -2.13. The number of aryl methyl sites for hydroxylation is 1. The lowest BCUT2D eigenvalue weighted by Crippen LogP contribution is -2.22. The van der Waals surface area contributed by atoms with Crippen LogP contribution in [0.15, 0.2) is 59.8 Å². The van der Waals surface area contributed by atoms with Crippen molar-refractivity contribution in [3.8, 4) is 11.1 Å². The molecular weight excluding hydrogens is 316 g/mol. The summed E-state index contributed by atoms with van der Waals surface area (Å²) >= 11 is 0. The molecule has 2 rings (SSSR count). The van der Waals surface area contributed by atoms with Crippen LogP contribution >= 0.6 is 0 Å². The molecule has 0 saturated carbocycles. The van der Waals surface area contributed by atoms with Crippen LogP contribution in [0.3, 0.4) is 0 Å². The van der Waals surface area contributed by atoms with Gasteiger partial charge in [-0.2, -0.15) is 0 Å². The first-order valence-electron chi connectivity index (χ1n) is 8.46. The molecule has 132 valence electrons. The van der Waals surface area contributed by atoms with Crippen LogP contribution < -0.4 is 5.48 Å². The fraction of sp³-hybridized carbons (Fsp3) is 0.300. The Kier molecular flexibility index (Phi) is 7.66. The molecule has 0 bridgehead atoms. The van der Waals surface area contributed by atoms with Gasteiger partial charge in [0.25, 0.3) is 0 Å². The van der Waals surface area contributed by atoms with Gasteiger partial charge in [0.2, 0.25) is 5.91 Å². The maximum Gasteiger partial charge on any atom is 0.243 e. The van der Waals surface area contributed by atoms with Crippen molar-refractivity contribution in [3.63, 3.8) is 0 Å². The van der Waals surface area contributed by atoms with Gasteiger partial charge in [0, 0.05) is 12.6 Å². The topological polar surface area (TPSA) is 81.9 Å². The smallest absolute Gasteiger partial charge is 0.243 e. The van der Waals surface area contributed by atoms with E-state index in [1.54, 1.807) is 5.48 Å². The molecule has 1 atom stereocenters. The van der Waals surface area contributed by atoms with Crippen LogP contribution in [0.5, 0.6) is 0 Å². The van der Waals surface area contributed by atoms with Crippen molar-refractivity contribution in [2.75, 3.05) is 0 Å². The van der Waals surface area contributed by atoms with E-state index in [1.807, 2.05) is 18.2 Å². The van der Waals surface area contributed by atoms with Crippen molar-refractivity contribution in [1.29, 1.82) is 0 Å². The minimum atomic E-state index is -0.413. The Labute approximate surface area is 148 Å². The van der Waals surface area contributed by atoms with E-state index in [2.05, 4.69) is 41.6 Å². The standard InChI is InChI=1S/C20H24N2O3/c23-20(22-25)15-17(13-14-21-24)6-4-5-16-9-11-19(12-10-16)18-7-2-1-3-8-18/h1-3,7-12,14,17,24-25H,4-6,13,15H2,(H,22,23)/b21-14+. The highest BCUT2D eigenvalue weighted by Gasteiger charge is 2.12. The second-order valence-electron chi connectivity index (χ2n) is 6.09. The lowest BCUT2D eigenvalue weighted by atomic mass is 9.93. The SMILES string of the molecule is O=C(CC(C/C=N/O)CCCc1ccc(-c2ccccc2)cc1)NO. The summed E-state index contributed by atoms with van der Waals surface area (Å²) in [5.74, 6) is -0.366. The van der Waals surface area contributed by atoms with Crippen molar-refractivity contribution in [2.45, 2.75) is 32.1 Å². The Morgan fingerprint density at radius 3 is 2.40 bits per heavy atom. The summed E-state index contributed by atoms with van der Waals surface area (Å²) in [5, 5.41) is 20.2. The summed E-state index contributed by atoms with van der Waals surface area (Å²) in [7, 11) is 0. The van der Waals surface area contributed by atoms with Crippen molar-refractivity contribution >= 4 is 12.1 Å². The first kappa shape index (κ1) is 18.7. The molecule has 0 aliphatic rings. The quantitative estimate of drug-likeness (QED) is 0.279. The summed E-state index contributed by atoms with van der Waals surface area (Å²) in [6.45, 7) is 0. The number of hydroxylamine groups is 1. The zero-order valence-electron chi connectivity index (χ0n) is 14.1. The summed E-state index contributed by atoms with van der Waals surface area (Å²) < 4.78 is 0. The second kappa shape index (κ2) is 10.3. The molecule has 0 fully saturated rings. The average Bonchev–Trinajstić information content (AvgIpc) is 2.67. The van der Waals surface area contributed by atoms with E-state index in [9.17, 15) is 4.79 Å². The number of oxime groups is 1. The van der Waals surface area contributed by atoms with E-state index >= 15 is 0 Å². The van der Waals surface area contributed by atoms with Crippen molar-refractivity contribution in [2.24, 2.45) is 11.1 Å². The summed E-state index contributed by atoms with van der Waals surface area (Å²) in [6.07, 6.45) is 4.78. The van der Waals surface area contributed by atoms with Crippen LogP contribution in [0, 0.1) is 5.92 Å². The number of hydrogen-bond donors (Lipinski definition) is 3. The molecule has 2 aromatic rings. The zero-order valence-corrected chi connectivity index (χ0v) is 14.1. The molecule has 25 heavy (non-hydrogen) atoms. The third kappa shape index (κ3) is 6.39. The van der Waals surface area contributed by atoms with Gasteiger partial charge in [-0.1, -0.05) is 54.6 Å². The minimum Gasteiger partial charge on any atom is -0.411 e. The predicted molar refractivity (Wildman–Crippen MR) is 97.7 cm³/mol. The fourth-order valence-corrected chi connectivity index (χ4v) is 2.90. The summed E-state index contributed by atoms with van der Waals surface area (Å²) in [6, 6.07) is 18.8. The Morgan fingerprint density at radius 1 is 1.08 bits per heavy atom. The third-order valence-corrected chi connectivity index (χ3v) is 4.26. The Hall–Kier alpha value is -2.66. The maximum absolute atomic E-state index is 11.3. The molecule has 0 aliphatic heterocycles. The molecule has 0 aromatic heterocycles. The molecule has 3 N–H and O–H groups in total. The molecule has 0 spiro atoms. The van der Waals surface area contributed by atoms with Gasteiger partial charge in [-0.25, -0.2) is 5.48 Å². The first-order valence-corrected chi connectivity index (χ1v) is 8.46. The number of rotatable bonds is 9. The van der Waals surface area contributed by atoms with Gasteiger partial charge < -0.3 is 5.21 Å². The molecular formula is C20H24N2O3. The summed E-state index contributed by atoms with van der Waals surface area (Å²) in [4.78, 5) is 11.3. The van der Waals surface area contributed by atoms with Gasteiger partial charge in [0.05, 0.1) is 0 Å². The molecule has 2 aromatic carbocycles. The number of carbonyl (C=O) groups is 1. The van der Waals surface area contributed by atoms with Gasteiger partial charge in [-0.3, -0.25) is 10.0 Å². The first-order chi connectivity index (χ1) is 12.2. The number of benzene rings is 2. The molecule has 0 aliphatic carbocycles. The number of amides is 1. The van der Waals surface area contributed by atoms with Gasteiger partial charge in [0.15, 0.2) is 0 Å². The van der Waals surface area contributed by atoms with Crippen LogP contribution in [0.2, 0.25) is 0 Å². The third-order valence-electron chi connectivity index (χ3n) is 4.26. The number of nitrogens with zero attached hydrogens (tertiary/aromatic N) is 1. The highest BCUT2D eigenvalue weighted by molar-refractivity contribution is 5.75. The van der Waals surface area contributed by atoms with E-state index < -0.39 is 5.91 Å². The van der Waals surface area contributed by atoms with Gasteiger partial charge in [-0.15, -0.1) is 5.16 Å². The molecule has 1 unspecified atom stereocenters. The molecule has 0 radical (unpaired) electrons. The largest absolute Gasteiger partial charge is 0.411 e. The number of carbonyl (C=O) groups excluding carboxylic acids is 1. The van der Waals surface area contributed by atoms with Crippen LogP contribution in [0.1, 0.15) is 31.2 Å². The van der Waals surface area contributed by atoms with Crippen molar-refractivity contribution in [1.82, 2.24) is 5.48 Å². The molecule has 5 nitrogen and oxygen atoms in total.